The fourth-order valence-corrected chi connectivity index (χ4v) is 3.11. The van der Waals surface area contributed by atoms with E-state index in [0.717, 1.165) is 24.8 Å². The van der Waals surface area contributed by atoms with Crippen molar-refractivity contribution in [2.24, 2.45) is 5.92 Å². The lowest BCUT2D eigenvalue weighted by molar-refractivity contribution is 0.281. The van der Waals surface area contributed by atoms with Crippen molar-refractivity contribution in [3.05, 3.63) is 29.8 Å². The van der Waals surface area contributed by atoms with Crippen LogP contribution in [0, 0.1) is 5.92 Å². The predicted molar refractivity (Wildman–Crippen MR) is 88.9 cm³/mol. The number of hydrogen-bond donors (Lipinski definition) is 1. The van der Waals surface area contributed by atoms with Gasteiger partial charge in [-0.2, -0.15) is 0 Å². The summed E-state index contributed by atoms with van der Waals surface area (Å²) in [4.78, 5) is 2.62. The number of benzene rings is 1. The molecule has 2 atom stereocenters. The molecule has 1 aliphatic heterocycles. The van der Waals surface area contributed by atoms with Gasteiger partial charge in [0, 0.05) is 19.1 Å². The molecule has 0 amide bonds. The Kier molecular flexibility index (Phi) is 6.52. The van der Waals surface area contributed by atoms with Crippen LogP contribution in [0.3, 0.4) is 0 Å². The van der Waals surface area contributed by atoms with Crippen LogP contribution in [-0.4, -0.2) is 38.2 Å². The number of hydrogen-bond acceptors (Lipinski definition) is 3. The Morgan fingerprint density at radius 2 is 2.05 bits per heavy atom. The number of methoxy groups -OCH3 is 1. The molecule has 0 spiro atoms. The summed E-state index contributed by atoms with van der Waals surface area (Å²) < 4.78 is 5.26. The topological polar surface area (TPSA) is 24.5 Å². The third kappa shape index (κ3) is 4.72. The molecule has 2 rings (SSSR count). The van der Waals surface area contributed by atoms with Gasteiger partial charge < -0.3 is 15.0 Å². The van der Waals surface area contributed by atoms with Crippen LogP contribution in [0.4, 0.5) is 0 Å². The zero-order valence-electron chi connectivity index (χ0n) is 13.8. The number of rotatable bonds is 8. The van der Waals surface area contributed by atoms with Crippen LogP contribution in [0.25, 0.3) is 0 Å². The van der Waals surface area contributed by atoms with Crippen LogP contribution in [-0.2, 0) is 0 Å². The average molecular weight is 290 g/mol. The lowest BCUT2D eigenvalue weighted by Gasteiger charge is -2.25. The first-order chi connectivity index (χ1) is 10.3. The molecule has 0 radical (unpaired) electrons. The van der Waals surface area contributed by atoms with Crippen molar-refractivity contribution in [3.63, 3.8) is 0 Å². The Labute approximate surface area is 129 Å². The van der Waals surface area contributed by atoms with E-state index in [2.05, 4.69) is 48.3 Å². The van der Waals surface area contributed by atoms with Crippen molar-refractivity contribution in [1.82, 2.24) is 10.2 Å². The van der Waals surface area contributed by atoms with E-state index in [-0.39, 0.29) is 0 Å². The molecule has 21 heavy (non-hydrogen) atoms. The van der Waals surface area contributed by atoms with Crippen LogP contribution >= 0.6 is 0 Å². The summed E-state index contributed by atoms with van der Waals surface area (Å²) in [6.45, 7) is 9.23. The monoisotopic (exact) mass is 290 g/mol. The summed E-state index contributed by atoms with van der Waals surface area (Å²) >= 11 is 0. The summed E-state index contributed by atoms with van der Waals surface area (Å²) in [7, 11) is 1.72. The fraction of sp³-hybridized carbons (Fsp3) is 0.667. The molecule has 0 aromatic heterocycles. The first kappa shape index (κ1) is 16.3. The first-order valence-electron chi connectivity index (χ1n) is 8.36. The summed E-state index contributed by atoms with van der Waals surface area (Å²) in [6.07, 6.45) is 3.84. The van der Waals surface area contributed by atoms with Gasteiger partial charge in [0.2, 0.25) is 0 Å². The fourth-order valence-electron chi connectivity index (χ4n) is 3.11. The van der Waals surface area contributed by atoms with Crippen LogP contribution in [0.15, 0.2) is 24.3 Å². The van der Waals surface area contributed by atoms with E-state index in [1.807, 2.05) is 0 Å². The molecular formula is C18H30N2O. The summed E-state index contributed by atoms with van der Waals surface area (Å²) in [5.74, 6) is 1.83. The van der Waals surface area contributed by atoms with Crippen LogP contribution in [0.2, 0.25) is 0 Å². The lowest BCUT2D eigenvalue weighted by atomic mass is 10.1. The second-order valence-electron chi connectivity index (χ2n) is 6.10. The van der Waals surface area contributed by atoms with Gasteiger partial charge in [0.15, 0.2) is 0 Å². The normalized spacial score (nSPS) is 20.6. The molecule has 1 saturated heterocycles. The van der Waals surface area contributed by atoms with Crippen LogP contribution in [0.1, 0.15) is 44.7 Å². The smallest absolute Gasteiger partial charge is 0.118 e. The van der Waals surface area contributed by atoms with Crippen molar-refractivity contribution in [2.75, 3.05) is 33.3 Å². The molecule has 0 bridgehead atoms. The number of likely N-dealkylation sites (tertiary alicyclic amines) is 1. The van der Waals surface area contributed by atoms with E-state index in [0.29, 0.717) is 6.04 Å². The largest absolute Gasteiger partial charge is 0.497 e. The van der Waals surface area contributed by atoms with E-state index in [4.69, 9.17) is 4.74 Å². The first-order valence-corrected chi connectivity index (χ1v) is 8.36. The van der Waals surface area contributed by atoms with E-state index in [1.54, 1.807) is 7.11 Å². The lowest BCUT2D eigenvalue weighted by Crippen LogP contribution is -2.34. The molecular weight excluding hydrogens is 260 g/mol. The summed E-state index contributed by atoms with van der Waals surface area (Å²) in [5.41, 5.74) is 1.36. The Bertz CT molecular complexity index is 404. The van der Waals surface area contributed by atoms with E-state index in [9.17, 15) is 0 Å². The predicted octanol–water partition coefficient (Wildman–Crippen LogP) is 3.47. The van der Waals surface area contributed by atoms with Gasteiger partial charge in [0.25, 0.3) is 0 Å². The molecule has 1 heterocycles. The quantitative estimate of drug-likeness (QED) is 0.793. The van der Waals surface area contributed by atoms with Gasteiger partial charge >= 0.3 is 0 Å². The van der Waals surface area contributed by atoms with Gasteiger partial charge in [-0.05, 0) is 49.5 Å². The van der Waals surface area contributed by atoms with Crippen molar-refractivity contribution < 1.29 is 4.74 Å². The molecule has 1 aromatic rings. The average Bonchev–Trinajstić information content (AvgIpc) is 2.99. The minimum atomic E-state index is 0.423. The summed E-state index contributed by atoms with van der Waals surface area (Å²) in [5, 5.41) is 3.70. The van der Waals surface area contributed by atoms with Crippen molar-refractivity contribution in [2.45, 2.75) is 39.2 Å². The zero-order chi connectivity index (χ0) is 15.1. The van der Waals surface area contributed by atoms with Crippen molar-refractivity contribution in [1.29, 1.82) is 0 Å². The van der Waals surface area contributed by atoms with Gasteiger partial charge in [-0.3, -0.25) is 0 Å². The molecule has 3 heteroatoms. The van der Waals surface area contributed by atoms with E-state index >= 15 is 0 Å². The Hall–Kier alpha value is -1.06. The van der Waals surface area contributed by atoms with Crippen molar-refractivity contribution >= 4 is 0 Å². The molecule has 0 saturated carbocycles. The van der Waals surface area contributed by atoms with Gasteiger partial charge in [0.1, 0.15) is 5.75 Å². The molecule has 118 valence electrons. The van der Waals surface area contributed by atoms with Crippen molar-refractivity contribution in [3.8, 4) is 5.75 Å². The highest BCUT2D eigenvalue weighted by molar-refractivity contribution is 5.29. The molecule has 0 aliphatic carbocycles. The van der Waals surface area contributed by atoms with Gasteiger partial charge in [0.05, 0.1) is 7.11 Å². The second-order valence-corrected chi connectivity index (χ2v) is 6.10. The minimum absolute atomic E-state index is 0.423. The molecule has 1 N–H and O–H groups in total. The maximum Gasteiger partial charge on any atom is 0.118 e. The molecule has 3 nitrogen and oxygen atoms in total. The third-order valence-corrected chi connectivity index (χ3v) is 4.55. The highest BCUT2D eigenvalue weighted by Gasteiger charge is 2.23. The van der Waals surface area contributed by atoms with E-state index in [1.165, 1.54) is 37.9 Å². The van der Waals surface area contributed by atoms with Gasteiger partial charge in [-0.25, -0.2) is 0 Å². The van der Waals surface area contributed by atoms with Gasteiger partial charge in [-0.1, -0.05) is 32.4 Å². The third-order valence-electron chi connectivity index (χ3n) is 4.55. The molecule has 2 unspecified atom stereocenters. The van der Waals surface area contributed by atoms with Gasteiger partial charge in [-0.15, -0.1) is 0 Å². The minimum Gasteiger partial charge on any atom is -0.497 e. The van der Waals surface area contributed by atoms with E-state index < -0.39 is 0 Å². The zero-order valence-corrected chi connectivity index (χ0v) is 13.8. The molecule has 1 fully saturated rings. The Balaban J connectivity index is 1.99. The molecule has 1 aromatic carbocycles. The number of ether oxygens (including phenoxy) is 1. The maximum atomic E-state index is 5.26. The summed E-state index contributed by atoms with van der Waals surface area (Å²) in [6, 6.07) is 8.94. The second kappa shape index (κ2) is 8.40. The number of nitrogens with one attached hydrogen (secondary N) is 1. The SMILES string of the molecule is CCCNC(CN1CCC(CC)C1)c1ccc(OC)cc1. The van der Waals surface area contributed by atoms with Crippen LogP contribution in [0.5, 0.6) is 5.75 Å². The van der Waals surface area contributed by atoms with Crippen LogP contribution < -0.4 is 10.1 Å². The Morgan fingerprint density at radius 1 is 1.29 bits per heavy atom. The molecule has 1 aliphatic rings. The Morgan fingerprint density at radius 3 is 2.62 bits per heavy atom. The standard InChI is InChI=1S/C18H30N2O/c1-4-11-19-18(14-20-12-10-15(5-2)13-20)16-6-8-17(21-3)9-7-16/h6-9,15,18-19H,4-5,10-14H2,1-3H3. The highest BCUT2D eigenvalue weighted by atomic mass is 16.5. The highest BCUT2D eigenvalue weighted by Crippen LogP contribution is 2.23. The maximum absolute atomic E-state index is 5.26. The number of nitrogens with zero attached hydrogens (tertiary/aromatic N) is 1.